The summed E-state index contributed by atoms with van der Waals surface area (Å²) in [5, 5.41) is 8.97. The second kappa shape index (κ2) is 3.82. The Hall–Kier alpha value is -0.120. The molecule has 3 nitrogen and oxygen atoms in total. The van der Waals surface area contributed by atoms with Crippen molar-refractivity contribution in [2.75, 3.05) is 20.3 Å². The Balaban J connectivity index is 3.07. The minimum atomic E-state index is -1.03. The number of methoxy groups -OCH3 is 1. The Kier molecular flexibility index (Phi) is 3.77. The molecule has 0 amide bonds. The van der Waals surface area contributed by atoms with Crippen LogP contribution >= 0.6 is 0 Å². The van der Waals surface area contributed by atoms with Crippen molar-refractivity contribution < 1.29 is 14.6 Å². The van der Waals surface area contributed by atoms with Gasteiger partial charge in [0.2, 0.25) is 0 Å². The molecule has 0 aliphatic carbocycles. The molecule has 0 bridgehead atoms. The molecule has 9 heavy (non-hydrogen) atoms. The molecule has 0 aliphatic heterocycles. The quantitative estimate of drug-likeness (QED) is 0.446. The minimum absolute atomic E-state index is 0.431. The zero-order valence-electron chi connectivity index (χ0n) is 6.18. The Bertz CT molecular complexity index is 65.2. The van der Waals surface area contributed by atoms with E-state index in [2.05, 4.69) is 0 Å². The Morgan fingerprint density at radius 2 is 1.89 bits per heavy atom. The largest absolute Gasteiger partial charge is 0.382 e. The van der Waals surface area contributed by atoms with E-state index in [4.69, 9.17) is 14.6 Å². The number of hydrogen-bond acceptors (Lipinski definition) is 3. The molecule has 0 saturated heterocycles. The highest BCUT2D eigenvalue weighted by Gasteiger charge is 2.10. The normalized spacial score (nSPS) is 12.0. The molecule has 0 radical (unpaired) electrons. The average molecular weight is 134 g/mol. The first kappa shape index (κ1) is 8.88. The van der Waals surface area contributed by atoms with Crippen molar-refractivity contribution in [1.29, 1.82) is 0 Å². The summed E-state index contributed by atoms with van der Waals surface area (Å²) in [5.74, 6) is -1.03. The van der Waals surface area contributed by atoms with Crippen molar-refractivity contribution >= 4 is 0 Å². The summed E-state index contributed by atoms with van der Waals surface area (Å²) in [6, 6.07) is 0. The van der Waals surface area contributed by atoms with Gasteiger partial charge >= 0.3 is 0 Å². The van der Waals surface area contributed by atoms with Gasteiger partial charge in [-0.25, -0.2) is 0 Å². The monoisotopic (exact) mass is 134 g/mol. The predicted molar refractivity (Wildman–Crippen MR) is 34.1 cm³/mol. The van der Waals surface area contributed by atoms with E-state index in [1.807, 2.05) is 0 Å². The van der Waals surface area contributed by atoms with Crippen molar-refractivity contribution in [3.05, 3.63) is 0 Å². The van der Waals surface area contributed by atoms with E-state index in [9.17, 15) is 0 Å². The van der Waals surface area contributed by atoms with Crippen LogP contribution in [0.3, 0.4) is 0 Å². The van der Waals surface area contributed by atoms with Gasteiger partial charge in [0.05, 0.1) is 13.2 Å². The van der Waals surface area contributed by atoms with Crippen LogP contribution < -0.4 is 0 Å². The van der Waals surface area contributed by atoms with Gasteiger partial charge in [-0.2, -0.15) is 0 Å². The van der Waals surface area contributed by atoms with Crippen LogP contribution in [0, 0.1) is 0 Å². The minimum Gasteiger partial charge on any atom is -0.382 e. The van der Waals surface area contributed by atoms with Crippen LogP contribution in [0.25, 0.3) is 0 Å². The molecule has 0 fully saturated rings. The van der Waals surface area contributed by atoms with Crippen LogP contribution in [0.5, 0.6) is 0 Å². The molecule has 0 atom stereocenters. The highest BCUT2D eigenvalue weighted by atomic mass is 16.6. The summed E-state index contributed by atoms with van der Waals surface area (Å²) >= 11 is 0. The summed E-state index contributed by atoms with van der Waals surface area (Å²) in [4.78, 5) is 0. The number of ether oxygens (including phenoxy) is 2. The zero-order valence-corrected chi connectivity index (χ0v) is 6.18. The Morgan fingerprint density at radius 3 is 2.22 bits per heavy atom. The zero-order chi connectivity index (χ0) is 7.33. The molecule has 0 saturated carbocycles. The van der Waals surface area contributed by atoms with Gasteiger partial charge < -0.3 is 14.6 Å². The molecule has 1 N–H and O–H groups in total. The Labute approximate surface area is 55.6 Å². The first-order chi connectivity index (χ1) is 4.06. The maximum atomic E-state index is 8.97. The number of rotatable bonds is 4. The van der Waals surface area contributed by atoms with Gasteiger partial charge in [-0.3, -0.25) is 0 Å². The van der Waals surface area contributed by atoms with Crippen LogP contribution in [0.4, 0.5) is 0 Å². The van der Waals surface area contributed by atoms with Gasteiger partial charge in [-0.15, -0.1) is 0 Å². The van der Waals surface area contributed by atoms with Gasteiger partial charge in [-0.05, 0) is 13.8 Å². The van der Waals surface area contributed by atoms with E-state index < -0.39 is 5.79 Å². The summed E-state index contributed by atoms with van der Waals surface area (Å²) < 4.78 is 9.60. The first-order valence-corrected chi connectivity index (χ1v) is 2.91. The van der Waals surface area contributed by atoms with E-state index in [0.29, 0.717) is 13.2 Å². The van der Waals surface area contributed by atoms with E-state index in [1.165, 1.54) is 0 Å². The lowest BCUT2D eigenvalue weighted by molar-refractivity contribution is -0.181. The van der Waals surface area contributed by atoms with Crippen LogP contribution in [-0.2, 0) is 9.47 Å². The summed E-state index contributed by atoms with van der Waals surface area (Å²) in [6.07, 6.45) is 0. The van der Waals surface area contributed by atoms with Crippen LogP contribution in [0.15, 0.2) is 0 Å². The molecule has 0 spiro atoms. The molecule has 0 heterocycles. The highest BCUT2D eigenvalue weighted by molar-refractivity contribution is 4.46. The fourth-order valence-electron chi connectivity index (χ4n) is 0.375. The van der Waals surface area contributed by atoms with Crippen molar-refractivity contribution in [1.82, 2.24) is 0 Å². The summed E-state index contributed by atoms with van der Waals surface area (Å²) in [5.41, 5.74) is 0. The molecular weight excluding hydrogens is 120 g/mol. The second-order valence-electron chi connectivity index (χ2n) is 2.29. The maximum absolute atomic E-state index is 8.97. The van der Waals surface area contributed by atoms with Gasteiger partial charge in [0.25, 0.3) is 0 Å². The van der Waals surface area contributed by atoms with Gasteiger partial charge in [0.15, 0.2) is 5.79 Å². The molecule has 0 aromatic heterocycles. The number of aliphatic hydroxyl groups is 1. The fourth-order valence-corrected chi connectivity index (χ4v) is 0.375. The highest BCUT2D eigenvalue weighted by Crippen LogP contribution is 2.01. The lowest BCUT2D eigenvalue weighted by Gasteiger charge is -2.17. The van der Waals surface area contributed by atoms with Crippen LogP contribution in [0.1, 0.15) is 13.8 Å². The molecule has 0 aromatic carbocycles. The molecule has 0 aromatic rings. The van der Waals surface area contributed by atoms with E-state index in [0.717, 1.165) is 0 Å². The smallest absolute Gasteiger partial charge is 0.159 e. The Morgan fingerprint density at radius 1 is 1.33 bits per heavy atom. The standard InChI is InChI=1S/C6H14O3/c1-6(2,7)9-5-4-8-3/h7H,4-5H2,1-3H3. The van der Waals surface area contributed by atoms with Crippen LogP contribution in [-0.4, -0.2) is 31.2 Å². The SMILES string of the molecule is COCCOC(C)(C)O. The van der Waals surface area contributed by atoms with E-state index >= 15 is 0 Å². The molecule has 0 aliphatic rings. The van der Waals surface area contributed by atoms with Gasteiger partial charge in [-0.1, -0.05) is 0 Å². The molecule has 3 heteroatoms. The van der Waals surface area contributed by atoms with Gasteiger partial charge in [0, 0.05) is 7.11 Å². The summed E-state index contributed by atoms with van der Waals surface area (Å²) in [6.45, 7) is 4.12. The lowest BCUT2D eigenvalue weighted by atomic mass is 10.4. The predicted octanol–water partition coefficient (Wildman–Crippen LogP) is 0.378. The third-order valence-corrected chi connectivity index (χ3v) is 0.743. The van der Waals surface area contributed by atoms with Crippen molar-refractivity contribution in [2.24, 2.45) is 0 Å². The van der Waals surface area contributed by atoms with E-state index in [1.54, 1.807) is 21.0 Å². The van der Waals surface area contributed by atoms with Crippen molar-refractivity contribution in [2.45, 2.75) is 19.6 Å². The number of hydrogen-bond donors (Lipinski definition) is 1. The topological polar surface area (TPSA) is 38.7 Å². The molecule has 0 unspecified atom stereocenters. The molecule has 0 rings (SSSR count). The second-order valence-corrected chi connectivity index (χ2v) is 2.29. The maximum Gasteiger partial charge on any atom is 0.159 e. The van der Waals surface area contributed by atoms with E-state index in [-0.39, 0.29) is 0 Å². The summed E-state index contributed by atoms with van der Waals surface area (Å²) in [7, 11) is 1.59. The van der Waals surface area contributed by atoms with Crippen molar-refractivity contribution in [3.63, 3.8) is 0 Å². The third-order valence-electron chi connectivity index (χ3n) is 0.743. The fraction of sp³-hybridized carbons (Fsp3) is 1.00. The molecule has 56 valence electrons. The van der Waals surface area contributed by atoms with Crippen molar-refractivity contribution in [3.8, 4) is 0 Å². The molecular formula is C6H14O3. The van der Waals surface area contributed by atoms with Gasteiger partial charge in [0.1, 0.15) is 0 Å². The lowest BCUT2D eigenvalue weighted by Crippen LogP contribution is -2.25. The van der Waals surface area contributed by atoms with Crippen LogP contribution in [0.2, 0.25) is 0 Å². The average Bonchev–Trinajstić information content (AvgIpc) is 1.63. The third kappa shape index (κ3) is 7.88. The first-order valence-electron chi connectivity index (χ1n) is 2.91.